The first kappa shape index (κ1) is 20.6. The lowest BCUT2D eigenvalue weighted by Crippen LogP contribution is -2.47. The molecule has 0 bridgehead atoms. The van der Waals surface area contributed by atoms with E-state index in [1.54, 1.807) is 0 Å². The molecule has 1 aromatic rings. The predicted molar refractivity (Wildman–Crippen MR) is 112 cm³/mol. The maximum atomic E-state index is 12.4. The molecule has 28 heavy (non-hydrogen) atoms. The molecule has 154 valence electrons. The van der Waals surface area contributed by atoms with Crippen molar-refractivity contribution in [1.29, 1.82) is 0 Å². The van der Waals surface area contributed by atoms with Gasteiger partial charge in [-0.05, 0) is 37.9 Å². The minimum atomic E-state index is -0.0429. The van der Waals surface area contributed by atoms with E-state index in [9.17, 15) is 9.59 Å². The van der Waals surface area contributed by atoms with Crippen LogP contribution in [0.2, 0.25) is 0 Å². The van der Waals surface area contributed by atoms with Gasteiger partial charge in [0.2, 0.25) is 11.8 Å². The Balaban J connectivity index is 1.31. The van der Waals surface area contributed by atoms with Crippen molar-refractivity contribution in [1.82, 2.24) is 15.1 Å². The van der Waals surface area contributed by atoms with E-state index in [0.29, 0.717) is 13.0 Å². The van der Waals surface area contributed by atoms with Gasteiger partial charge in [-0.3, -0.25) is 14.5 Å². The van der Waals surface area contributed by atoms with E-state index in [2.05, 4.69) is 45.4 Å². The summed E-state index contributed by atoms with van der Waals surface area (Å²) in [5.74, 6) is 0.230. The van der Waals surface area contributed by atoms with Gasteiger partial charge in [0.25, 0.3) is 0 Å². The molecule has 2 aliphatic heterocycles. The molecule has 3 rings (SSSR count). The molecular weight excluding hydrogens is 352 g/mol. The van der Waals surface area contributed by atoms with Crippen molar-refractivity contribution in [3.05, 3.63) is 30.3 Å². The maximum absolute atomic E-state index is 12.4. The summed E-state index contributed by atoms with van der Waals surface area (Å²) in [6.45, 7) is 9.25. The van der Waals surface area contributed by atoms with E-state index in [0.717, 1.165) is 65.1 Å². The number of nitrogens with zero attached hydrogens (tertiary/aromatic N) is 3. The van der Waals surface area contributed by atoms with E-state index in [1.165, 1.54) is 5.69 Å². The summed E-state index contributed by atoms with van der Waals surface area (Å²) < 4.78 is 0. The molecule has 2 amide bonds. The molecule has 1 unspecified atom stereocenters. The number of hydrogen-bond acceptors (Lipinski definition) is 4. The van der Waals surface area contributed by atoms with Crippen LogP contribution in [-0.2, 0) is 9.59 Å². The molecule has 0 radical (unpaired) electrons. The fourth-order valence-electron chi connectivity index (χ4n) is 4.17. The van der Waals surface area contributed by atoms with Gasteiger partial charge in [0, 0.05) is 57.9 Å². The number of benzene rings is 1. The second-order valence-corrected chi connectivity index (χ2v) is 7.84. The molecule has 1 aromatic carbocycles. The number of rotatable bonds is 7. The third kappa shape index (κ3) is 5.71. The van der Waals surface area contributed by atoms with E-state index >= 15 is 0 Å². The first-order valence-corrected chi connectivity index (χ1v) is 10.7. The SMILES string of the molecule is CCC(=O)N1CCCC(C(=O)NCCCN2CCN(c3ccccc3)CC2)C1. The van der Waals surface area contributed by atoms with Crippen LogP contribution in [0.1, 0.15) is 32.6 Å². The standard InChI is InChI=1S/C22H34N4O2/c1-2-21(27)26-13-6-8-19(18-26)22(28)23-11-7-12-24-14-16-25(17-15-24)20-9-4-3-5-10-20/h3-5,9-10,19H,2,6-8,11-18H2,1H3,(H,23,28). The topological polar surface area (TPSA) is 55.9 Å². The van der Waals surface area contributed by atoms with E-state index < -0.39 is 0 Å². The van der Waals surface area contributed by atoms with E-state index in [4.69, 9.17) is 0 Å². The summed E-state index contributed by atoms with van der Waals surface area (Å²) in [6.07, 6.45) is 3.31. The van der Waals surface area contributed by atoms with Crippen LogP contribution in [0.3, 0.4) is 0 Å². The van der Waals surface area contributed by atoms with Crippen molar-refractivity contribution in [3.8, 4) is 0 Å². The van der Waals surface area contributed by atoms with Gasteiger partial charge in [0.1, 0.15) is 0 Å². The molecule has 1 atom stereocenters. The second-order valence-electron chi connectivity index (χ2n) is 7.84. The minimum absolute atomic E-state index is 0.0429. The number of carbonyl (C=O) groups is 2. The minimum Gasteiger partial charge on any atom is -0.369 e. The molecule has 2 heterocycles. The highest BCUT2D eigenvalue weighted by molar-refractivity contribution is 5.81. The van der Waals surface area contributed by atoms with Crippen LogP contribution in [0.4, 0.5) is 5.69 Å². The number of hydrogen-bond donors (Lipinski definition) is 1. The van der Waals surface area contributed by atoms with Crippen LogP contribution in [-0.4, -0.2) is 74.0 Å². The third-order valence-corrected chi connectivity index (χ3v) is 5.89. The summed E-state index contributed by atoms with van der Waals surface area (Å²) in [4.78, 5) is 31.1. The highest BCUT2D eigenvalue weighted by atomic mass is 16.2. The molecule has 6 nitrogen and oxygen atoms in total. The molecule has 0 aliphatic carbocycles. The summed E-state index contributed by atoms with van der Waals surface area (Å²) >= 11 is 0. The highest BCUT2D eigenvalue weighted by Crippen LogP contribution is 2.18. The van der Waals surface area contributed by atoms with Crippen LogP contribution < -0.4 is 10.2 Å². The Morgan fingerprint density at radius 2 is 1.82 bits per heavy atom. The normalized spacial score (nSPS) is 20.8. The Hall–Kier alpha value is -2.08. The molecule has 1 N–H and O–H groups in total. The van der Waals surface area contributed by atoms with Crippen molar-refractivity contribution in [2.24, 2.45) is 5.92 Å². The Labute approximate surface area is 168 Å². The van der Waals surface area contributed by atoms with Gasteiger partial charge in [0.05, 0.1) is 5.92 Å². The van der Waals surface area contributed by atoms with Gasteiger partial charge in [0.15, 0.2) is 0 Å². The number of nitrogens with one attached hydrogen (secondary N) is 1. The fraction of sp³-hybridized carbons (Fsp3) is 0.636. The monoisotopic (exact) mass is 386 g/mol. The van der Waals surface area contributed by atoms with Crippen LogP contribution in [0, 0.1) is 5.92 Å². The van der Waals surface area contributed by atoms with Gasteiger partial charge in [-0.2, -0.15) is 0 Å². The molecule has 0 spiro atoms. The second kappa shape index (κ2) is 10.5. The number of carbonyl (C=O) groups excluding carboxylic acids is 2. The lowest BCUT2D eigenvalue weighted by Gasteiger charge is -2.36. The van der Waals surface area contributed by atoms with Crippen LogP contribution in [0.15, 0.2) is 30.3 Å². The van der Waals surface area contributed by atoms with Crippen molar-refractivity contribution in [3.63, 3.8) is 0 Å². The van der Waals surface area contributed by atoms with Crippen molar-refractivity contribution in [2.45, 2.75) is 32.6 Å². The zero-order valence-corrected chi connectivity index (χ0v) is 17.1. The molecule has 6 heteroatoms. The van der Waals surface area contributed by atoms with Crippen molar-refractivity contribution >= 4 is 17.5 Å². The highest BCUT2D eigenvalue weighted by Gasteiger charge is 2.27. The number of piperidine rings is 1. The summed E-state index contributed by atoms with van der Waals surface area (Å²) in [7, 11) is 0. The number of amides is 2. The summed E-state index contributed by atoms with van der Waals surface area (Å²) in [5, 5.41) is 3.09. The fourth-order valence-corrected chi connectivity index (χ4v) is 4.17. The third-order valence-electron chi connectivity index (χ3n) is 5.89. The Bertz CT molecular complexity index is 629. The molecule has 2 fully saturated rings. The summed E-state index contributed by atoms with van der Waals surface area (Å²) in [5.41, 5.74) is 1.30. The summed E-state index contributed by atoms with van der Waals surface area (Å²) in [6, 6.07) is 10.6. The van der Waals surface area contributed by atoms with Gasteiger partial charge >= 0.3 is 0 Å². The number of piperazine rings is 1. The zero-order valence-electron chi connectivity index (χ0n) is 17.1. The molecule has 2 aliphatic rings. The van der Waals surface area contributed by atoms with Gasteiger partial charge in [-0.25, -0.2) is 0 Å². The van der Waals surface area contributed by atoms with Gasteiger partial charge in [-0.1, -0.05) is 25.1 Å². The molecule has 0 aromatic heterocycles. The smallest absolute Gasteiger partial charge is 0.224 e. The number of para-hydroxylation sites is 1. The lowest BCUT2D eigenvalue weighted by atomic mass is 9.97. The van der Waals surface area contributed by atoms with E-state index in [1.807, 2.05) is 11.8 Å². The van der Waals surface area contributed by atoms with Crippen LogP contribution in [0.25, 0.3) is 0 Å². The number of likely N-dealkylation sites (tertiary alicyclic amines) is 1. The van der Waals surface area contributed by atoms with Gasteiger partial charge < -0.3 is 15.1 Å². The molecular formula is C22H34N4O2. The Morgan fingerprint density at radius 3 is 2.54 bits per heavy atom. The molecule has 0 saturated carbocycles. The average molecular weight is 387 g/mol. The van der Waals surface area contributed by atoms with E-state index in [-0.39, 0.29) is 17.7 Å². The quantitative estimate of drug-likeness (QED) is 0.728. The van der Waals surface area contributed by atoms with Crippen molar-refractivity contribution in [2.75, 3.05) is 57.3 Å². The largest absolute Gasteiger partial charge is 0.369 e. The Kier molecular flexibility index (Phi) is 7.71. The first-order valence-electron chi connectivity index (χ1n) is 10.7. The van der Waals surface area contributed by atoms with Crippen LogP contribution in [0.5, 0.6) is 0 Å². The predicted octanol–water partition coefficient (Wildman–Crippen LogP) is 1.96. The average Bonchev–Trinajstić information content (AvgIpc) is 2.77. The zero-order chi connectivity index (χ0) is 19.8. The lowest BCUT2D eigenvalue weighted by molar-refractivity contribution is -0.135. The Morgan fingerprint density at radius 1 is 1.07 bits per heavy atom. The van der Waals surface area contributed by atoms with Crippen molar-refractivity contribution < 1.29 is 9.59 Å². The van der Waals surface area contributed by atoms with Gasteiger partial charge in [-0.15, -0.1) is 0 Å². The maximum Gasteiger partial charge on any atom is 0.224 e. The first-order chi connectivity index (χ1) is 13.7. The number of anilines is 1. The van der Waals surface area contributed by atoms with Crippen LogP contribution >= 0.6 is 0 Å². The molecule has 2 saturated heterocycles.